The summed E-state index contributed by atoms with van der Waals surface area (Å²) >= 11 is 6.17. The SMILES string of the molecule is CC1CCCC1(CN)Nc1ccccc1Cl. The fourth-order valence-electron chi connectivity index (χ4n) is 2.62. The van der Waals surface area contributed by atoms with Crippen LogP contribution in [0.1, 0.15) is 26.2 Å². The van der Waals surface area contributed by atoms with Crippen molar-refractivity contribution in [2.45, 2.75) is 31.7 Å². The van der Waals surface area contributed by atoms with Crippen LogP contribution in [-0.2, 0) is 0 Å². The first-order chi connectivity index (χ1) is 7.68. The van der Waals surface area contributed by atoms with Gasteiger partial charge in [0.15, 0.2) is 0 Å². The fourth-order valence-corrected chi connectivity index (χ4v) is 2.80. The molecular weight excluding hydrogens is 220 g/mol. The first-order valence-electron chi connectivity index (χ1n) is 5.91. The molecule has 1 aliphatic rings. The zero-order valence-corrected chi connectivity index (χ0v) is 10.4. The molecule has 0 aromatic heterocycles. The van der Waals surface area contributed by atoms with Crippen molar-refractivity contribution in [1.82, 2.24) is 0 Å². The van der Waals surface area contributed by atoms with Crippen molar-refractivity contribution >= 4 is 17.3 Å². The maximum absolute atomic E-state index is 6.17. The summed E-state index contributed by atoms with van der Waals surface area (Å²) in [4.78, 5) is 0. The molecule has 0 heterocycles. The predicted molar refractivity (Wildman–Crippen MR) is 69.9 cm³/mol. The molecule has 1 saturated carbocycles. The third kappa shape index (κ3) is 2.04. The van der Waals surface area contributed by atoms with E-state index < -0.39 is 0 Å². The first-order valence-corrected chi connectivity index (χ1v) is 6.28. The molecule has 1 aromatic rings. The molecule has 1 aliphatic carbocycles. The van der Waals surface area contributed by atoms with E-state index >= 15 is 0 Å². The van der Waals surface area contributed by atoms with Crippen molar-refractivity contribution in [3.63, 3.8) is 0 Å². The maximum Gasteiger partial charge on any atom is 0.0637 e. The van der Waals surface area contributed by atoms with Crippen LogP contribution in [0, 0.1) is 5.92 Å². The summed E-state index contributed by atoms with van der Waals surface area (Å²) in [6, 6.07) is 7.87. The molecule has 0 saturated heterocycles. The van der Waals surface area contributed by atoms with E-state index in [4.69, 9.17) is 17.3 Å². The Hall–Kier alpha value is -0.730. The third-order valence-corrected chi connectivity index (χ3v) is 4.15. The number of halogens is 1. The number of nitrogens with one attached hydrogen (secondary N) is 1. The predicted octanol–water partition coefficient (Wildman–Crippen LogP) is 3.27. The molecule has 1 fully saturated rings. The Balaban J connectivity index is 2.22. The van der Waals surface area contributed by atoms with Gasteiger partial charge in [0, 0.05) is 6.54 Å². The van der Waals surface area contributed by atoms with Gasteiger partial charge in [0.25, 0.3) is 0 Å². The molecule has 0 spiro atoms. The van der Waals surface area contributed by atoms with E-state index in [-0.39, 0.29) is 5.54 Å². The largest absolute Gasteiger partial charge is 0.377 e. The lowest BCUT2D eigenvalue weighted by atomic mass is 9.88. The summed E-state index contributed by atoms with van der Waals surface area (Å²) in [6.07, 6.45) is 3.63. The van der Waals surface area contributed by atoms with Crippen LogP contribution < -0.4 is 11.1 Å². The van der Waals surface area contributed by atoms with Gasteiger partial charge in [-0.05, 0) is 30.9 Å². The second kappa shape index (κ2) is 4.64. The van der Waals surface area contributed by atoms with Crippen molar-refractivity contribution < 1.29 is 0 Å². The van der Waals surface area contributed by atoms with Crippen LogP contribution in [-0.4, -0.2) is 12.1 Å². The molecule has 0 amide bonds. The number of hydrogen-bond donors (Lipinski definition) is 2. The van der Waals surface area contributed by atoms with Crippen molar-refractivity contribution in [3.05, 3.63) is 29.3 Å². The van der Waals surface area contributed by atoms with Crippen molar-refractivity contribution in [3.8, 4) is 0 Å². The topological polar surface area (TPSA) is 38.0 Å². The minimum Gasteiger partial charge on any atom is -0.377 e. The number of benzene rings is 1. The van der Waals surface area contributed by atoms with Gasteiger partial charge >= 0.3 is 0 Å². The van der Waals surface area contributed by atoms with Crippen LogP contribution in [0.15, 0.2) is 24.3 Å². The Morgan fingerprint density at radius 3 is 2.81 bits per heavy atom. The van der Waals surface area contributed by atoms with E-state index in [0.29, 0.717) is 12.5 Å². The number of hydrogen-bond acceptors (Lipinski definition) is 2. The average molecular weight is 239 g/mol. The van der Waals surface area contributed by atoms with Gasteiger partial charge in [0.2, 0.25) is 0 Å². The van der Waals surface area contributed by atoms with Crippen LogP contribution >= 0.6 is 11.6 Å². The molecule has 16 heavy (non-hydrogen) atoms. The van der Waals surface area contributed by atoms with Gasteiger partial charge in [-0.25, -0.2) is 0 Å². The van der Waals surface area contributed by atoms with E-state index in [2.05, 4.69) is 12.2 Å². The van der Waals surface area contributed by atoms with Crippen LogP contribution in [0.5, 0.6) is 0 Å². The molecule has 1 aromatic carbocycles. The highest BCUT2D eigenvalue weighted by molar-refractivity contribution is 6.33. The second-order valence-corrected chi connectivity index (χ2v) is 5.17. The highest BCUT2D eigenvalue weighted by Gasteiger charge is 2.39. The molecule has 0 radical (unpaired) electrons. The van der Waals surface area contributed by atoms with Crippen LogP contribution in [0.3, 0.4) is 0 Å². The second-order valence-electron chi connectivity index (χ2n) is 4.76. The Bertz CT molecular complexity index is 367. The third-order valence-electron chi connectivity index (χ3n) is 3.83. The summed E-state index contributed by atoms with van der Waals surface area (Å²) < 4.78 is 0. The standard InChI is InChI=1S/C13H19ClN2/c1-10-5-4-8-13(10,9-15)16-12-7-3-2-6-11(12)14/h2-3,6-7,10,16H,4-5,8-9,15H2,1H3. The number of anilines is 1. The molecule has 2 rings (SSSR count). The van der Waals surface area contributed by atoms with Gasteiger partial charge in [0.05, 0.1) is 16.2 Å². The quantitative estimate of drug-likeness (QED) is 0.848. The summed E-state index contributed by atoms with van der Waals surface area (Å²) in [7, 11) is 0. The molecule has 0 aliphatic heterocycles. The van der Waals surface area contributed by atoms with Gasteiger partial charge in [-0.3, -0.25) is 0 Å². The zero-order chi connectivity index (χ0) is 11.6. The normalized spacial score (nSPS) is 29.3. The Kier molecular flexibility index (Phi) is 3.41. The minimum absolute atomic E-state index is 0.0327. The van der Waals surface area contributed by atoms with Gasteiger partial charge in [0.1, 0.15) is 0 Å². The fraction of sp³-hybridized carbons (Fsp3) is 0.538. The minimum atomic E-state index is 0.0327. The number of para-hydroxylation sites is 1. The van der Waals surface area contributed by atoms with Crippen LogP contribution in [0.4, 0.5) is 5.69 Å². The highest BCUT2D eigenvalue weighted by atomic mass is 35.5. The molecule has 3 heteroatoms. The van der Waals surface area contributed by atoms with Gasteiger partial charge in [-0.1, -0.05) is 37.1 Å². The maximum atomic E-state index is 6.17. The molecule has 88 valence electrons. The smallest absolute Gasteiger partial charge is 0.0637 e. The van der Waals surface area contributed by atoms with Crippen molar-refractivity contribution in [1.29, 1.82) is 0 Å². The molecule has 2 atom stereocenters. The lowest BCUT2D eigenvalue weighted by Crippen LogP contribution is -2.47. The summed E-state index contributed by atoms with van der Waals surface area (Å²) in [5, 5.41) is 4.34. The Labute approximate surface area is 102 Å². The lowest BCUT2D eigenvalue weighted by Gasteiger charge is -2.35. The average Bonchev–Trinajstić information content (AvgIpc) is 2.64. The Morgan fingerprint density at radius 2 is 2.25 bits per heavy atom. The monoisotopic (exact) mass is 238 g/mol. The Morgan fingerprint density at radius 1 is 1.50 bits per heavy atom. The van der Waals surface area contributed by atoms with E-state index in [0.717, 1.165) is 17.1 Å². The molecule has 2 nitrogen and oxygen atoms in total. The summed E-state index contributed by atoms with van der Waals surface area (Å²) in [5.74, 6) is 0.605. The zero-order valence-electron chi connectivity index (χ0n) is 9.67. The van der Waals surface area contributed by atoms with Crippen molar-refractivity contribution in [2.75, 3.05) is 11.9 Å². The summed E-state index contributed by atoms with van der Waals surface area (Å²) in [6.45, 7) is 2.93. The van der Waals surface area contributed by atoms with E-state index in [9.17, 15) is 0 Å². The van der Waals surface area contributed by atoms with E-state index in [1.165, 1.54) is 12.8 Å². The first kappa shape index (κ1) is 11.7. The van der Waals surface area contributed by atoms with E-state index in [1.54, 1.807) is 0 Å². The number of nitrogens with two attached hydrogens (primary N) is 1. The lowest BCUT2D eigenvalue weighted by molar-refractivity contribution is 0.382. The van der Waals surface area contributed by atoms with Gasteiger partial charge < -0.3 is 11.1 Å². The highest BCUT2D eigenvalue weighted by Crippen LogP contribution is 2.38. The number of rotatable bonds is 3. The molecule has 0 bridgehead atoms. The molecular formula is C13H19ClN2. The van der Waals surface area contributed by atoms with Crippen molar-refractivity contribution in [2.24, 2.45) is 11.7 Å². The van der Waals surface area contributed by atoms with Crippen LogP contribution in [0.25, 0.3) is 0 Å². The van der Waals surface area contributed by atoms with Gasteiger partial charge in [-0.15, -0.1) is 0 Å². The van der Waals surface area contributed by atoms with E-state index in [1.807, 2.05) is 24.3 Å². The van der Waals surface area contributed by atoms with Crippen LogP contribution in [0.2, 0.25) is 5.02 Å². The summed E-state index contributed by atoms with van der Waals surface area (Å²) in [5.41, 5.74) is 6.99. The molecule has 2 unspecified atom stereocenters. The van der Waals surface area contributed by atoms with Gasteiger partial charge in [-0.2, -0.15) is 0 Å². The molecule has 3 N–H and O–H groups in total.